The van der Waals surface area contributed by atoms with Crippen LogP contribution < -0.4 is 10.2 Å². The summed E-state index contributed by atoms with van der Waals surface area (Å²) in [7, 11) is 0. The minimum absolute atomic E-state index is 0.107. The van der Waals surface area contributed by atoms with Crippen LogP contribution in [0, 0.1) is 6.92 Å². The molecule has 3 fully saturated rings. The van der Waals surface area contributed by atoms with Gasteiger partial charge in [-0.3, -0.25) is 9.69 Å². The Balaban J connectivity index is 1.37. The summed E-state index contributed by atoms with van der Waals surface area (Å²) in [5.74, 6) is 0.147. The number of nitrogens with one attached hydrogen (secondary N) is 1. The standard InChI is InChI=1S/C26H33N3O2/c1-20-10-12-21(13-11-20)26(31)14-6-5-9-23(26)28-17-15-25(16-18-28)24(30)27-19-29(25)22-7-3-2-4-8-22/h2-4,7-8,10-13,23,31H,5-6,9,14-19H2,1H3,(H,27,30)/t23-,26+/m1/s1. The van der Waals surface area contributed by atoms with Crippen molar-refractivity contribution in [3.8, 4) is 0 Å². The molecule has 0 unspecified atom stereocenters. The number of hydrogen-bond donors (Lipinski definition) is 2. The van der Waals surface area contributed by atoms with Crippen LogP contribution in [0.1, 0.15) is 49.7 Å². The van der Waals surface area contributed by atoms with Crippen LogP contribution in [0.15, 0.2) is 54.6 Å². The first-order valence-electron chi connectivity index (χ1n) is 11.7. The molecule has 2 N–H and O–H groups in total. The van der Waals surface area contributed by atoms with Crippen LogP contribution in [0.4, 0.5) is 5.69 Å². The average molecular weight is 420 g/mol. The number of carbonyl (C=O) groups is 1. The lowest BCUT2D eigenvalue weighted by atomic mass is 9.73. The van der Waals surface area contributed by atoms with Gasteiger partial charge in [0, 0.05) is 24.8 Å². The highest BCUT2D eigenvalue weighted by molar-refractivity contribution is 5.93. The van der Waals surface area contributed by atoms with Gasteiger partial charge in [-0.05, 0) is 50.3 Å². The maximum absolute atomic E-state index is 13.0. The van der Waals surface area contributed by atoms with Gasteiger partial charge in [0.1, 0.15) is 11.1 Å². The molecule has 0 aromatic heterocycles. The topological polar surface area (TPSA) is 55.8 Å². The maximum Gasteiger partial charge on any atom is 0.247 e. The number of amides is 1. The smallest absolute Gasteiger partial charge is 0.247 e. The zero-order valence-electron chi connectivity index (χ0n) is 18.4. The molecule has 2 atom stereocenters. The van der Waals surface area contributed by atoms with Crippen LogP contribution in [0.3, 0.4) is 0 Å². The highest BCUT2D eigenvalue weighted by Gasteiger charge is 2.53. The Morgan fingerprint density at radius 1 is 0.968 bits per heavy atom. The Bertz CT molecular complexity index is 921. The van der Waals surface area contributed by atoms with Gasteiger partial charge < -0.3 is 15.3 Å². The molecule has 5 rings (SSSR count). The molecule has 2 aromatic carbocycles. The van der Waals surface area contributed by atoms with Crippen molar-refractivity contribution in [2.24, 2.45) is 0 Å². The lowest BCUT2D eigenvalue weighted by Crippen LogP contribution is -2.61. The quantitative estimate of drug-likeness (QED) is 0.799. The van der Waals surface area contributed by atoms with Gasteiger partial charge in [-0.2, -0.15) is 0 Å². The lowest BCUT2D eigenvalue weighted by Gasteiger charge is -2.51. The Morgan fingerprint density at radius 3 is 2.39 bits per heavy atom. The van der Waals surface area contributed by atoms with Crippen molar-refractivity contribution in [2.75, 3.05) is 24.7 Å². The molecule has 2 aliphatic heterocycles. The molecule has 5 nitrogen and oxygen atoms in total. The van der Waals surface area contributed by atoms with E-state index >= 15 is 0 Å². The largest absolute Gasteiger partial charge is 0.384 e. The Morgan fingerprint density at radius 2 is 1.68 bits per heavy atom. The van der Waals surface area contributed by atoms with Gasteiger partial charge in [0.05, 0.1) is 6.67 Å². The van der Waals surface area contributed by atoms with Gasteiger partial charge in [0.15, 0.2) is 0 Å². The van der Waals surface area contributed by atoms with Crippen LogP contribution in [0.2, 0.25) is 0 Å². The fourth-order valence-electron chi connectivity index (χ4n) is 6.04. The Labute approximate surface area is 185 Å². The summed E-state index contributed by atoms with van der Waals surface area (Å²) in [4.78, 5) is 17.7. The van der Waals surface area contributed by atoms with Crippen molar-refractivity contribution >= 4 is 11.6 Å². The summed E-state index contributed by atoms with van der Waals surface area (Å²) in [5.41, 5.74) is 2.06. The van der Waals surface area contributed by atoms with E-state index < -0.39 is 11.1 Å². The monoisotopic (exact) mass is 419 g/mol. The highest BCUT2D eigenvalue weighted by atomic mass is 16.3. The third kappa shape index (κ3) is 3.44. The zero-order valence-corrected chi connectivity index (χ0v) is 18.4. The summed E-state index contributed by atoms with van der Waals surface area (Å²) < 4.78 is 0. The summed E-state index contributed by atoms with van der Waals surface area (Å²) in [5, 5.41) is 14.9. The normalized spacial score (nSPS) is 28.6. The number of anilines is 1. The molecule has 3 aliphatic rings. The molecule has 1 aliphatic carbocycles. The average Bonchev–Trinajstić information content (AvgIpc) is 3.11. The molecular weight excluding hydrogens is 386 g/mol. The molecule has 2 saturated heterocycles. The van der Waals surface area contributed by atoms with E-state index in [0.29, 0.717) is 6.67 Å². The Hall–Kier alpha value is -2.37. The van der Waals surface area contributed by atoms with E-state index in [1.54, 1.807) is 0 Å². The van der Waals surface area contributed by atoms with Gasteiger partial charge in [-0.1, -0.05) is 60.9 Å². The lowest BCUT2D eigenvalue weighted by molar-refractivity contribution is -0.127. The van der Waals surface area contributed by atoms with E-state index in [1.807, 2.05) is 18.2 Å². The maximum atomic E-state index is 13.0. The first kappa shape index (κ1) is 20.5. The molecule has 1 amide bonds. The fourth-order valence-corrected chi connectivity index (χ4v) is 6.04. The molecule has 2 aromatic rings. The molecule has 2 heterocycles. The highest BCUT2D eigenvalue weighted by Crippen LogP contribution is 2.43. The van der Waals surface area contributed by atoms with Crippen LogP contribution in [0.25, 0.3) is 0 Å². The van der Waals surface area contributed by atoms with E-state index in [-0.39, 0.29) is 11.9 Å². The predicted molar refractivity (Wildman–Crippen MR) is 123 cm³/mol. The Kier molecular flexibility index (Phi) is 5.27. The molecule has 0 radical (unpaired) electrons. The van der Waals surface area contributed by atoms with Gasteiger partial charge >= 0.3 is 0 Å². The van der Waals surface area contributed by atoms with E-state index in [2.05, 4.69) is 58.4 Å². The SMILES string of the molecule is Cc1ccc([C@@]2(O)CCCC[C@H]2N2CCC3(CC2)C(=O)NCN3c2ccccc2)cc1. The number of nitrogens with zero attached hydrogens (tertiary/aromatic N) is 2. The third-order valence-corrected chi connectivity index (χ3v) is 7.86. The zero-order chi connectivity index (χ0) is 21.5. The van der Waals surface area contributed by atoms with E-state index in [9.17, 15) is 9.90 Å². The summed E-state index contributed by atoms with van der Waals surface area (Å²) in [6, 6.07) is 18.8. The van der Waals surface area contributed by atoms with E-state index in [1.165, 1.54) is 5.56 Å². The van der Waals surface area contributed by atoms with Crippen molar-refractivity contribution in [3.63, 3.8) is 0 Å². The number of aliphatic hydroxyl groups is 1. The number of aryl methyl sites for hydroxylation is 1. The molecular formula is C26H33N3O2. The fraction of sp³-hybridized carbons (Fsp3) is 0.500. The van der Waals surface area contributed by atoms with E-state index in [0.717, 1.165) is 62.9 Å². The first-order chi connectivity index (χ1) is 15.0. The van der Waals surface area contributed by atoms with Gasteiger partial charge in [0.2, 0.25) is 5.91 Å². The second-order valence-electron chi connectivity index (χ2n) is 9.55. The minimum Gasteiger partial charge on any atom is -0.384 e. The second-order valence-corrected chi connectivity index (χ2v) is 9.55. The molecule has 1 saturated carbocycles. The summed E-state index contributed by atoms with van der Waals surface area (Å²) in [6.45, 7) is 4.31. The second kappa shape index (κ2) is 7.95. The van der Waals surface area contributed by atoms with Crippen LogP contribution >= 0.6 is 0 Å². The molecule has 31 heavy (non-hydrogen) atoms. The van der Waals surface area contributed by atoms with Crippen molar-refractivity contribution in [3.05, 3.63) is 65.7 Å². The number of piperidine rings is 1. The molecule has 0 bridgehead atoms. The van der Waals surface area contributed by atoms with Crippen molar-refractivity contribution < 1.29 is 9.90 Å². The van der Waals surface area contributed by atoms with Crippen LogP contribution in [-0.4, -0.2) is 47.3 Å². The van der Waals surface area contributed by atoms with Crippen LogP contribution in [0.5, 0.6) is 0 Å². The van der Waals surface area contributed by atoms with Crippen molar-refractivity contribution in [1.82, 2.24) is 10.2 Å². The first-order valence-corrected chi connectivity index (χ1v) is 11.7. The predicted octanol–water partition coefficient (Wildman–Crippen LogP) is 3.55. The van der Waals surface area contributed by atoms with Gasteiger partial charge in [-0.25, -0.2) is 0 Å². The number of para-hydroxylation sites is 1. The number of rotatable bonds is 3. The number of carbonyl (C=O) groups excluding carboxylic acids is 1. The van der Waals surface area contributed by atoms with Crippen LogP contribution in [-0.2, 0) is 10.4 Å². The summed E-state index contributed by atoms with van der Waals surface area (Å²) >= 11 is 0. The number of hydrogen-bond acceptors (Lipinski definition) is 4. The van der Waals surface area contributed by atoms with Crippen molar-refractivity contribution in [1.29, 1.82) is 0 Å². The third-order valence-electron chi connectivity index (χ3n) is 7.86. The molecule has 5 heteroatoms. The van der Waals surface area contributed by atoms with E-state index in [4.69, 9.17) is 0 Å². The van der Waals surface area contributed by atoms with Gasteiger partial charge in [0.25, 0.3) is 0 Å². The van der Waals surface area contributed by atoms with Gasteiger partial charge in [-0.15, -0.1) is 0 Å². The summed E-state index contributed by atoms with van der Waals surface area (Å²) in [6.07, 6.45) is 5.59. The minimum atomic E-state index is -0.812. The molecule has 164 valence electrons. The number of likely N-dealkylation sites (tertiary alicyclic amines) is 1. The molecule has 1 spiro atoms. The number of benzene rings is 2. The van der Waals surface area contributed by atoms with Crippen molar-refractivity contribution in [2.45, 2.75) is 62.6 Å².